The summed E-state index contributed by atoms with van der Waals surface area (Å²) in [5.74, 6) is -1.61. The Labute approximate surface area is 286 Å². The maximum atomic E-state index is 8.60. The molecule has 0 saturated heterocycles. The van der Waals surface area contributed by atoms with Crippen molar-refractivity contribution < 1.29 is 15.6 Å². The van der Waals surface area contributed by atoms with E-state index in [0.29, 0.717) is 0 Å². The Morgan fingerprint density at radius 1 is 0.587 bits per heavy atom. The zero-order valence-electron chi connectivity index (χ0n) is 28.9. The number of hydrogen-bond acceptors (Lipinski definition) is 0. The summed E-state index contributed by atoms with van der Waals surface area (Å²) in [4.78, 5) is 0. The average Bonchev–Trinajstić information content (AvgIpc) is 3.55. The number of aryl methyl sites for hydroxylation is 4. The summed E-state index contributed by atoms with van der Waals surface area (Å²) in [5, 5.41) is 0. The summed E-state index contributed by atoms with van der Waals surface area (Å²) < 4.78 is 0.197. The molecule has 4 aromatic rings. The molecule has 0 saturated carbocycles. The molecule has 46 heavy (non-hydrogen) atoms. The first kappa shape index (κ1) is 33.9. The van der Waals surface area contributed by atoms with E-state index in [4.69, 9.17) is 17.0 Å². The van der Waals surface area contributed by atoms with Gasteiger partial charge in [0.1, 0.15) is 0 Å². The SMILES string of the molecule is CCCc1ccc2c(c1-c1ccccc1C)C=C(C)[CH]2[Zr]([Cl])([Cl])([CH]1C(C)=Cc2c1ccc(CCC)c2-c1ccccc1C)[SiH](C)C. The van der Waals surface area contributed by atoms with Crippen molar-refractivity contribution in [3.63, 3.8) is 0 Å². The minimum atomic E-state index is -4.78. The zero-order chi connectivity index (χ0) is 33.0. The van der Waals surface area contributed by atoms with Crippen molar-refractivity contribution in [1.29, 1.82) is 0 Å². The van der Waals surface area contributed by atoms with Crippen LogP contribution in [-0.4, -0.2) is 5.92 Å². The van der Waals surface area contributed by atoms with Crippen LogP contribution in [0.25, 0.3) is 34.4 Å². The van der Waals surface area contributed by atoms with Gasteiger partial charge in [0.05, 0.1) is 0 Å². The fraction of sp³-hybridized carbons (Fsp3) is 0.333. The Morgan fingerprint density at radius 2 is 0.978 bits per heavy atom. The van der Waals surface area contributed by atoms with Crippen LogP contribution in [0.15, 0.2) is 83.9 Å². The molecule has 0 radical (unpaired) electrons. The Balaban J connectivity index is 1.60. The van der Waals surface area contributed by atoms with E-state index in [1.165, 1.54) is 77.9 Å². The Morgan fingerprint density at radius 3 is 1.33 bits per heavy atom. The molecule has 4 aromatic carbocycles. The molecule has 2 unspecified atom stereocenters. The van der Waals surface area contributed by atoms with Gasteiger partial charge in [-0.05, 0) is 0 Å². The minimum absolute atomic E-state index is 0.0985. The van der Waals surface area contributed by atoms with Gasteiger partial charge in [-0.3, -0.25) is 0 Å². The van der Waals surface area contributed by atoms with Gasteiger partial charge in [-0.15, -0.1) is 0 Å². The zero-order valence-corrected chi connectivity index (χ0v) is 34.0. The van der Waals surface area contributed by atoms with Gasteiger partial charge < -0.3 is 0 Å². The Hall–Kier alpha value is -1.96. The molecule has 0 spiro atoms. The third-order valence-corrected chi connectivity index (χ3v) is 63.3. The van der Waals surface area contributed by atoms with Crippen LogP contribution in [0.1, 0.15) is 92.3 Å². The molecular weight excluding hydrogens is 695 g/mol. The summed E-state index contributed by atoms with van der Waals surface area (Å²) in [6, 6.07) is 27.3. The molecule has 0 N–H and O–H groups in total. The van der Waals surface area contributed by atoms with Crippen LogP contribution >= 0.6 is 17.0 Å². The van der Waals surface area contributed by atoms with Crippen LogP contribution in [-0.2, 0) is 28.4 Å². The van der Waals surface area contributed by atoms with E-state index in [1.807, 2.05) is 0 Å². The Kier molecular flexibility index (Phi) is 9.45. The molecule has 0 fully saturated rings. The predicted molar refractivity (Wildman–Crippen MR) is 205 cm³/mol. The van der Waals surface area contributed by atoms with E-state index < -0.39 is 21.5 Å². The summed E-state index contributed by atoms with van der Waals surface area (Å²) in [5.41, 5.74) is 19.1. The van der Waals surface area contributed by atoms with Crippen molar-refractivity contribution in [3.8, 4) is 22.3 Å². The third-order valence-electron chi connectivity index (χ3n) is 11.1. The van der Waals surface area contributed by atoms with Crippen LogP contribution < -0.4 is 0 Å². The van der Waals surface area contributed by atoms with Crippen molar-refractivity contribution in [2.45, 2.75) is 87.6 Å². The van der Waals surface area contributed by atoms with Gasteiger partial charge in [-0.25, -0.2) is 0 Å². The van der Waals surface area contributed by atoms with Crippen molar-refractivity contribution in [2.24, 2.45) is 0 Å². The second-order valence-corrected chi connectivity index (χ2v) is 56.9. The molecule has 0 amide bonds. The van der Waals surface area contributed by atoms with E-state index >= 15 is 0 Å². The summed E-state index contributed by atoms with van der Waals surface area (Å²) in [6.45, 7) is 18.6. The number of hydrogen-bond donors (Lipinski definition) is 0. The fourth-order valence-corrected chi connectivity index (χ4v) is 41.8. The first-order chi connectivity index (χ1) is 21.9. The average molecular weight is 744 g/mol. The third kappa shape index (κ3) is 5.26. The molecule has 0 aliphatic heterocycles. The van der Waals surface area contributed by atoms with Crippen molar-refractivity contribution in [2.75, 3.05) is 0 Å². The molecule has 0 nitrogen and oxygen atoms in total. The quantitative estimate of drug-likeness (QED) is 0.150. The van der Waals surface area contributed by atoms with E-state index in [0.717, 1.165) is 25.7 Å². The summed E-state index contributed by atoms with van der Waals surface area (Å²) in [7, 11) is 17.2. The number of halogens is 2. The monoisotopic (exact) mass is 741 g/mol. The molecule has 239 valence electrons. The van der Waals surface area contributed by atoms with E-state index in [-0.39, 0.29) is 7.25 Å². The first-order valence-electron chi connectivity index (χ1n) is 17.3. The number of benzene rings is 4. The molecule has 0 bridgehead atoms. The number of rotatable bonds is 9. The van der Waals surface area contributed by atoms with Gasteiger partial charge in [0.25, 0.3) is 0 Å². The molecule has 2 aliphatic rings. The maximum absolute atomic E-state index is 8.60. The standard InChI is InChI=1S/2C20H21.C2H7Si.2ClH.Zr/c2*1-4-7-16-10-11-17-12-14(2)13-19(17)20(16)18-9-6-5-8-15(18)3;1-3-2;;;/h2*5-6,8-13H,4,7H2,1-3H3;3H,1-2H3;2*1H;/q;;;;;+2/p-2. The van der Waals surface area contributed by atoms with Gasteiger partial charge in [0.15, 0.2) is 0 Å². The number of fused-ring (bicyclic) bond motifs is 2. The molecule has 0 heterocycles. The van der Waals surface area contributed by atoms with E-state index in [1.54, 1.807) is 0 Å². The second-order valence-electron chi connectivity index (χ2n) is 14.4. The van der Waals surface area contributed by atoms with Crippen molar-refractivity contribution >= 4 is 35.1 Å². The molecular formula is C42H49Cl2SiZr. The molecule has 2 atom stereocenters. The van der Waals surface area contributed by atoms with E-state index in [2.05, 4.69) is 140 Å². The van der Waals surface area contributed by atoms with Gasteiger partial charge in [-0.2, -0.15) is 0 Å². The van der Waals surface area contributed by atoms with Crippen LogP contribution in [0.3, 0.4) is 0 Å². The fourth-order valence-electron chi connectivity index (χ4n) is 8.88. The van der Waals surface area contributed by atoms with Crippen molar-refractivity contribution in [1.82, 2.24) is 0 Å². The second kappa shape index (κ2) is 12.8. The number of allylic oxidation sites excluding steroid dienone is 2. The molecule has 2 aliphatic carbocycles. The predicted octanol–water partition coefficient (Wildman–Crippen LogP) is 13.1. The van der Waals surface area contributed by atoms with Gasteiger partial charge in [0.2, 0.25) is 0 Å². The van der Waals surface area contributed by atoms with Gasteiger partial charge in [-0.1, -0.05) is 0 Å². The van der Waals surface area contributed by atoms with Crippen LogP contribution in [0, 0.1) is 13.8 Å². The van der Waals surface area contributed by atoms with E-state index in [9.17, 15) is 0 Å². The summed E-state index contributed by atoms with van der Waals surface area (Å²) in [6.07, 6.45) is 9.28. The topological polar surface area (TPSA) is 0 Å². The van der Waals surface area contributed by atoms with Gasteiger partial charge in [0, 0.05) is 0 Å². The molecule has 4 heteroatoms. The Bertz CT molecular complexity index is 1770. The van der Waals surface area contributed by atoms with Crippen LogP contribution in [0.5, 0.6) is 0 Å². The summed E-state index contributed by atoms with van der Waals surface area (Å²) >= 11 is -4.78. The first-order valence-corrected chi connectivity index (χ1v) is 33.6. The van der Waals surface area contributed by atoms with Crippen LogP contribution in [0.2, 0.25) is 13.1 Å². The van der Waals surface area contributed by atoms with Crippen molar-refractivity contribution in [3.05, 3.63) is 128 Å². The molecule has 0 aromatic heterocycles. The normalized spacial score (nSPS) is 18.2. The molecule has 6 rings (SSSR count). The van der Waals surface area contributed by atoms with Crippen LogP contribution in [0.4, 0.5) is 0 Å². The van der Waals surface area contributed by atoms with Gasteiger partial charge >= 0.3 is 289 Å².